The predicted molar refractivity (Wildman–Crippen MR) is 36.4 cm³/mol. The zero-order valence-electron chi connectivity index (χ0n) is 6.88. The molecular formula is C6H6F2N2O2. The smallest absolute Gasteiger partial charge is 0.272 e. The zero-order chi connectivity index (χ0) is 9.84. The first-order valence-electron chi connectivity index (χ1n) is 3.57. The van der Waals surface area contributed by atoms with Crippen LogP contribution in [0.1, 0.15) is 1.37 Å². The summed E-state index contributed by atoms with van der Waals surface area (Å²) >= 11 is 0. The van der Waals surface area contributed by atoms with Gasteiger partial charge in [-0.3, -0.25) is 4.79 Å². The van der Waals surface area contributed by atoms with Crippen LogP contribution in [0.4, 0.5) is 8.78 Å². The minimum absolute atomic E-state index is 0.306. The van der Waals surface area contributed by atoms with Crippen LogP contribution in [-0.4, -0.2) is 23.2 Å². The number of nitrogens with zero attached hydrogens (tertiary/aromatic N) is 1. The first kappa shape index (κ1) is 7.20. The highest BCUT2D eigenvalue weighted by molar-refractivity contribution is 5.05. The summed E-state index contributed by atoms with van der Waals surface area (Å²) in [5.41, 5.74) is -0.575. The van der Waals surface area contributed by atoms with Crippen LogP contribution in [0.2, 0.25) is 0 Å². The molecule has 1 rings (SSSR count). The van der Waals surface area contributed by atoms with Crippen molar-refractivity contribution in [2.75, 3.05) is 6.61 Å². The SMILES string of the molecule is [2H]c1cc(=O)[nH]nc1OCC(F)F. The van der Waals surface area contributed by atoms with Gasteiger partial charge >= 0.3 is 0 Å². The summed E-state index contributed by atoms with van der Waals surface area (Å²) in [4.78, 5) is 10.5. The van der Waals surface area contributed by atoms with Gasteiger partial charge < -0.3 is 4.74 Å². The molecule has 0 spiro atoms. The molecule has 0 unspecified atom stereocenters. The molecule has 1 aromatic heterocycles. The lowest BCUT2D eigenvalue weighted by atomic mass is 10.5. The molecule has 0 saturated carbocycles. The van der Waals surface area contributed by atoms with Crippen molar-refractivity contribution in [1.82, 2.24) is 10.2 Å². The number of halogens is 2. The van der Waals surface area contributed by atoms with E-state index in [-0.39, 0.29) is 11.9 Å². The highest BCUT2D eigenvalue weighted by Gasteiger charge is 2.03. The number of rotatable bonds is 3. The number of hydrogen-bond donors (Lipinski definition) is 1. The first-order valence-corrected chi connectivity index (χ1v) is 3.07. The molecule has 0 bridgehead atoms. The highest BCUT2D eigenvalue weighted by Crippen LogP contribution is 2.01. The minimum Gasteiger partial charge on any atom is -0.471 e. The normalized spacial score (nSPS) is 11.4. The van der Waals surface area contributed by atoms with E-state index < -0.39 is 18.6 Å². The molecule has 0 aromatic carbocycles. The van der Waals surface area contributed by atoms with Crippen LogP contribution in [0.3, 0.4) is 0 Å². The van der Waals surface area contributed by atoms with Crippen molar-refractivity contribution < 1.29 is 14.9 Å². The third-order valence-electron chi connectivity index (χ3n) is 0.940. The van der Waals surface area contributed by atoms with E-state index in [1.165, 1.54) is 0 Å². The Morgan fingerprint density at radius 1 is 1.83 bits per heavy atom. The fourth-order valence-electron chi connectivity index (χ4n) is 0.514. The van der Waals surface area contributed by atoms with Gasteiger partial charge in [-0.05, 0) is 0 Å². The lowest BCUT2D eigenvalue weighted by Gasteiger charge is -2.01. The van der Waals surface area contributed by atoms with Gasteiger partial charge in [0.1, 0.15) is 0 Å². The van der Waals surface area contributed by atoms with Gasteiger partial charge in [0.05, 0.1) is 1.37 Å². The number of nitrogens with one attached hydrogen (secondary N) is 1. The second kappa shape index (κ2) is 3.80. The van der Waals surface area contributed by atoms with Crippen LogP contribution >= 0.6 is 0 Å². The van der Waals surface area contributed by atoms with Crippen molar-refractivity contribution in [2.24, 2.45) is 0 Å². The fourth-order valence-corrected chi connectivity index (χ4v) is 0.514. The number of H-pyrrole nitrogens is 1. The first-order chi connectivity index (χ1) is 6.09. The average molecular weight is 177 g/mol. The molecule has 1 heterocycles. The maximum Gasteiger partial charge on any atom is 0.272 e. The van der Waals surface area contributed by atoms with E-state index in [0.717, 1.165) is 6.07 Å². The molecule has 0 amide bonds. The van der Waals surface area contributed by atoms with Crippen LogP contribution < -0.4 is 10.3 Å². The maximum absolute atomic E-state index is 11.6. The molecule has 6 heteroatoms. The van der Waals surface area contributed by atoms with Crippen molar-refractivity contribution in [3.8, 4) is 5.88 Å². The Balaban J connectivity index is 2.72. The number of aromatic nitrogens is 2. The minimum atomic E-state index is -2.63. The monoisotopic (exact) mass is 177 g/mol. The fraction of sp³-hybridized carbons (Fsp3) is 0.333. The van der Waals surface area contributed by atoms with Gasteiger partial charge in [-0.15, -0.1) is 5.10 Å². The second-order valence-electron chi connectivity index (χ2n) is 1.88. The van der Waals surface area contributed by atoms with Gasteiger partial charge in [-0.25, -0.2) is 13.9 Å². The Morgan fingerprint density at radius 2 is 2.58 bits per heavy atom. The molecule has 0 aliphatic heterocycles. The van der Waals surface area contributed by atoms with Gasteiger partial charge in [0.25, 0.3) is 12.0 Å². The predicted octanol–water partition coefficient (Wildman–Crippen LogP) is 0.414. The quantitative estimate of drug-likeness (QED) is 0.727. The van der Waals surface area contributed by atoms with E-state index in [1.54, 1.807) is 0 Å². The summed E-state index contributed by atoms with van der Waals surface area (Å²) < 4.78 is 34.8. The van der Waals surface area contributed by atoms with Crippen molar-refractivity contribution in [1.29, 1.82) is 0 Å². The van der Waals surface area contributed by atoms with Crippen molar-refractivity contribution in [3.05, 3.63) is 22.5 Å². The Hall–Kier alpha value is -1.46. The van der Waals surface area contributed by atoms with E-state index in [2.05, 4.69) is 9.84 Å². The summed E-state index contributed by atoms with van der Waals surface area (Å²) in [6, 6.07) is 0.581. The molecule has 0 aliphatic rings. The Kier molecular flexibility index (Phi) is 2.28. The Morgan fingerprint density at radius 3 is 3.17 bits per heavy atom. The lowest BCUT2D eigenvalue weighted by molar-refractivity contribution is 0.0790. The zero-order valence-corrected chi connectivity index (χ0v) is 5.88. The van der Waals surface area contributed by atoms with Crippen LogP contribution in [0.15, 0.2) is 16.9 Å². The average Bonchev–Trinajstić information content (AvgIpc) is 2.02. The molecule has 0 radical (unpaired) electrons. The van der Waals surface area contributed by atoms with Crippen molar-refractivity contribution in [2.45, 2.75) is 6.43 Å². The molecule has 0 fully saturated rings. The highest BCUT2D eigenvalue weighted by atomic mass is 19.3. The summed E-state index contributed by atoms with van der Waals surface area (Å²) in [6.45, 7) is -0.842. The number of hydrogen-bond acceptors (Lipinski definition) is 3. The summed E-state index contributed by atoms with van der Waals surface area (Å²) in [7, 11) is 0. The van der Waals surface area contributed by atoms with Gasteiger partial charge in [-0.1, -0.05) is 0 Å². The number of alkyl halides is 2. The largest absolute Gasteiger partial charge is 0.471 e. The summed E-state index contributed by atoms with van der Waals surface area (Å²) in [6.07, 6.45) is -2.63. The molecule has 0 atom stereocenters. The van der Waals surface area contributed by atoms with Gasteiger partial charge in [0.2, 0.25) is 5.88 Å². The molecule has 1 aromatic rings. The van der Waals surface area contributed by atoms with Gasteiger partial charge in [0.15, 0.2) is 6.61 Å². The molecule has 1 N–H and O–H groups in total. The molecule has 12 heavy (non-hydrogen) atoms. The van der Waals surface area contributed by atoms with Crippen LogP contribution in [-0.2, 0) is 0 Å². The van der Waals surface area contributed by atoms with Crippen LogP contribution in [0, 0.1) is 0 Å². The van der Waals surface area contributed by atoms with Gasteiger partial charge in [0, 0.05) is 12.1 Å². The topological polar surface area (TPSA) is 55.0 Å². The summed E-state index contributed by atoms with van der Waals surface area (Å²) in [5.74, 6) is -0.306. The van der Waals surface area contributed by atoms with Crippen LogP contribution in [0.5, 0.6) is 5.88 Å². The van der Waals surface area contributed by atoms with E-state index in [4.69, 9.17) is 1.37 Å². The molecule has 0 saturated heterocycles. The molecule has 0 aliphatic carbocycles. The second-order valence-corrected chi connectivity index (χ2v) is 1.88. The summed E-state index contributed by atoms with van der Waals surface area (Å²) in [5, 5.41) is 5.24. The van der Waals surface area contributed by atoms with E-state index in [0.29, 0.717) is 0 Å². The van der Waals surface area contributed by atoms with Crippen molar-refractivity contribution >= 4 is 0 Å². The van der Waals surface area contributed by atoms with Crippen LogP contribution in [0.25, 0.3) is 0 Å². The Labute approximate surface area is 67.6 Å². The van der Waals surface area contributed by atoms with E-state index in [1.807, 2.05) is 5.10 Å². The maximum atomic E-state index is 11.6. The Bertz CT molecular complexity index is 342. The third kappa shape index (κ3) is 2.65. The number of ether oxygens (including phenoxy) is 1. The van der Waals surface area contributed by atoms with Gasteiger partial charge in [-0.2, -0.15) is 0 Å². The van der Waals surface area contributed by atoms with E-state index in [9.17, 15) is 13.6 Å². The van der Waals surface area contributed by atoms with Crippen molar-refractivity contribution in [3.63, 3.8) is 0 Å². The van der Waals surface area contributed by atoms with E-state index >= 15 is 0 Å². The molecule has 66 valence electrons. The standard InChI is InChI=1S/C6H6F2N2O2/c7-4(8)3-12-6-2-1-5(11)9-10-6/h1-2,4H,3H2,(H,9,11)/i2D. The lowest BCUT2D eigenvalue weighted by Crippen LogP contribution is -2.11. The number of aromatic amines is 1. The molecular weight excluding hydrogens is 170 g/mol. The molecule has 4 nitrogen and oxygen atoms in total. The third-order valence-corrected chi connectivity index (χ3v) is 0.940.